The highest BCUT2D eigenvalue weighted by Crippen LogP contribution is 2.33. The van der Waals surface area contributed by atoms with Crippen LogP contribution >= 0.6 is 0 Å². The van der Waals surface area contributed by atoms with E-state index in [0.717, 1.165) is 12.8 Å². The Hall–Kier alpha value is -3.03. The van der Waals surface area contributed by atoms with Gasteiger partial charge in [-0.05, 0) is 50.2 Å². The van der Waals surface area contributed by atoms with Crippen molar-refractivity contribution in [1.82, 2.24) is 5.32 Å². The third kappa shape index (κ3) is 4.58. The molecule has 1 fully saturated rings. The van der Waals surface area contributed by atoms with Crippen LogP contribution < -0.4 is 20.4 Å². The largest absolute Gasteiger partial charge is 0.493 e. The molecule has 0 radical (unpaired) electrons. The zero-order valence-electron chi connectivity index (χ0n) is 17.4. The molecule has 0 aliphatic heterocycles. The number of carboxylic acids is 1. The monoisotopic (exact) mass is 417 g/mol. The first kappa shape index (κ1) is 21.7. The summed E-state index contributed by atoms with van der Waals surface area (Å²) in [5.41, 5.74) is 0.792. The Bertz CT molecular complexity index is 1000. The number of fused-ring (bicyclic) bond motifs is 1. The summed E-state index contributed by atoms with van der Waals surface area (Å²) in [5.74, 6) is -0.0614. The highest BCUT2D eigenvalue weighted by molar-refractivity contribution is 5.87. The zero-order valence-corrected chi connectivity index (χ0v) is 17.4. The lowest BCUT2D eigenvalue weighted by Crippen LogP contribution is -2.34. The number of hydrogen-bond donors (Lipinski definition) is 2. The van der Waals surface area contributed by atoms with E-state index < -0.39 is 11.6 Å². The number of aliphatic carboxylic acids is 1. The first-order valence-electron chi connectivity index (χ1n) is 10.0. The average molecular weight is 417 g/mol. The molecular formula is C22H27NO7. The van der Waals surface area contributed by atoms with Crippen LogP contribution in [0.2, 0.25) is 0 Å². The summed E-state index contributed by atoms with van der Waals surface area (Å²) in [4.78, 5) is 36.0. The Balaban J connectivity index is 1.70. The predicted octanol–water partition coefficient (Wildman–Crippen LogP) is 2.67. The van der Waals surface area contributed by atoms with Crippen molar-refractivity contribution in [2.24, 2.45) is 11.8 Å². The predicted molar refractivity (Wildman–Crippen MR) is 110 cm³/mol. The maximum absolute atomic E-state index is 12.5. The molecule has 2 aromatic rings. The van der Waals surface area contributed by atoms with Gasteiger partial charge in [0.2, 0.25) is 5.91 Å². The summed E-state index contributed by atoms with van der Waals surface area (Å²) in [6.07, 6.45) is 2.73. The lowest BCUT2D eigenvalue weighted by molar-refractivity contribution is -0.143. The highest BCUT2D eigenvalue weighted by atomic mass is 16.5. The van der Waals surface area contributed by atoms with Gasteiger partial charge in [-0.15, -0.1) is 0 Å². The molecule has 0 spiro atoms. The van der Waals surface area contributed by atoms with E-state index in [0.29, 0.717) is 53.0 Å². The van der Waals surface area contributed by atoms with E-state index in [-0.39, 0.29) is 24.2 Å². The second-order valence-corrected chi connectivity index (χ2v) is 7.73. The fourth-order valence-corrected chi connectivity index (χ4v) is 4.01. The van der Waals surface area contributed by atoms with Crippen LogP contribution in [-0.4, -0.2) is 37.7 Å². The van der Waals surface area contributed by atoms with Crippen molar-refractivity contribution in [3.05, 3.63) is 33.7 Å². The number of carbonyl (C=O) groups is 2. The fraction of sp³-hybridized carbons (Fsp3) is 0.500. The average Bonchev–Trinajstić information content (AvgIpc) is 2.74. The van der Waals surface area contributed by atoms with Gasteiger partial charge in [0.15, 0.2) is 11.5 Å². The Morgan fingerprint density at radius 3 is 2.37 bits per heavy atom. The lowest BCUT2D eigenvalue weighted by atomic mass is 9.82. The van der Waals surface area contributed by atoms with Crippen molar-refractivity contribution < 1.29 is 28.6 Å². The van der Waals surface area contributed by atoms with Gasteiger partial charge >= 0.3 is 11.6 Å². The third-order valence-electron chi connectivity index (χ3n) is 5.91. The maximum atomic E-state index is 12.5. The Kier molecular flexibility index (Phi) is 6.64. The topological polar surface area (TPSA) is 115 Å². The molecule has 30 heavy (non-hydrogen) atoms. The van der Waals surface area contributed by atoms with E-state index in [1.165, 1.54) is 14.2 Å². The van der Waals surface area contributed by atoms with Crippen LogP contribution in [0.1, 0.15) is 36.8 Å². The quantitative estimate of drug-likeness (QED) is 0.666. The molecule has 0 bridgehead atoms. The molecule has 1 aliphatic carbocycles. The molecular weight excluding hydrogens is 390 g/mol. The number of nitrogens with one attached hydrogen (secondary N) is 1. The van der Waals surface area contributed by atoms with Crippen molar-refractivity contribution in [3.63, 3.8) is 0 Å². The van der Waals surface area contributed by atoms with Crippen LogP contribution in [0.4, 0.5) is 0 Å². The van der Waals surface area contributed by atoms with Gasteiger partial charge in [-0.2, -0.15) is 0 Å². The Morgan fingerprint density at radius 2 is 1.77 bits per heavy atom. The molecule has 1 aromatic heterocycles. The Labute approximate surface area is 174 Å². The van der Waals surface area contributed by atoms with Crippen LogP contribution in [0, 0.1) is 18.8 Å². The normalized spacial score (nSPS) is 18.8. The van der Waals surface area contributed by atoms with Gasteiger partial charge in [-0.1, -0.05) is 0 Å². The summed E-state index contributed by atoms with van der Waals surface area (Å²) in [7, 11) is 3.03. The number of methoxy groups -OCH3 is 2. The van der Waals surface area contributed by atoms with E-state index in [9.17, 15) is 14.4 Å². The number of benzene rings is 1. The second-order valence-electron chi connectivity index (χ2n) is 7.73. The van der Waals surface area contributed by atoms with E-state index in [1.54, 1.807) is 19.1 Å². The van der Waals surface area contributed by atoms with Crippen molar-refractivity contribution in [2.45, 2.75) is 39.0 Å². The minimum atomic E-state index is -0.745. The van der Waals surface area contributed by atoms with Gasteiger partial charge < -0.3 is 24.3 Å². The van der Waals surface area contributed by atoms with Gasteiger partial charge in [0, 0.05) is 18.0 Å². The molecule has 162 valence electrons. The molecule has 0 saturated heterocycles. The summed E-state index contributed by atoms with van der Waals surface area (Å²) >= 11 is 0. The number of aryl methyl sites for hydroxylation is 1. The van der Waals surface area contributed by atoms with E-state index >= 15 is 0 Å². The molecule has 1 aliphatic rings. The van der Waals surface area contributed by atoms with Crippen molar-refractivity contribution in [2.75, 3.05) is 20.8 Å². The minimum absolute atomic E-state index is 0.0804. The zero-order chi connectivity index (χ0) is 21.8. The summed E-state index contributed by atoms with van der Waals surface area (Å²) in [6.45, 7) is 2.26. The van der Waals surface area contributed by atoms with Gasteiger partial charge in [0.1, 0.15) is 5.58 Å². The second kappa shape index (κ2) is 9.19. The van der Waals surface area contributed by atoms with E-state index in [2.05, 4.69) is 5.32 Å². The van der Waals surface area contributed by atoms with Crippen molar-refractivity contribution >= 4 is 22.8 Å². The van der Waals surface area contributed by atoms with Gasteiger partial charge in [0.05, 0.1) is 32.1 Å². The van der Waals surface area contributed by atoms with Gasteiger partial charge in [-0.25, -0.2) is 4.79 Å². The first-order chi connectivity index (χ1) is 14.3. The number of amides is 1. The van der Waals surface area contributed by atoms with Crippen molar-refractivity contribution in [1.29, 1.82) is 0 Å². The summed E-state index contributed by atoms with van der Waals surface area (Å²) in [5, 5.41) is 12.6. The van der Waals surface area contributed by atoms with E-state index in [4.69, 9.17) is 19.0 Å². The van der Waals surface area contributed by atoms with Crippen LogP contribution in [0.15, 0.2) is 21.3 Å². The SMILES string of the molecule is COc1cc2oc(=O)c(CC(=O)NCC3CCC(C(=O)O)CC3)c(C)c2cc1OC. The first-order valence-corrected chi connectivity index (χ1v) is 10.0. The fourth-order valence-electron chi connectivity index (χ4n) is 4.01. The smallest absolute Gasteiger partial charge is 0.340 e. The number of carboxylic acid groups (broad SMARTS) is 1. The van der Waals surface area contributed by atoms with Gasteiger partial charge in [0.25, 0.3) is 0 Å². The van der Waals surface area contributed by atoms with Crippen LogP contribution in [0.5, 0.6) is 11.5 Å². The molecule has 0 unspecified atom stereocenters. The molecule has 1 aromatic carbocycles. The summed E-state index contributed by atoms with van der Waals surface area (Å²) < 4.78 is 16.0. The molecule has 1 saturated carbocycles. The molecule has 2 N–H and O–H groups in total. The summed E-state index contributed by atoms with van der Waals surface area (Å²) in [6, 6.07) is 3.33. The molecule has 1 amide bonds. The lowest BCUT2D eigenvalue weighted by Gasteiger charge is -2.26. The number of rotatable bonds is 7. The number of hydrogen-bond acceptors (Lipinski definition) is 6. The molecule has 0 atom stereocenters. The highest BCUT2D eigenvalue weighted by Gasteiger charge is 2.26. The van der Waals surface area contributed by atoms with Crippen LogP contribution in [0.25, 0.3) is 11.0 Å². The molecule has 8 heteroatoms. The number of ether oxygens (including phenoxy) is 2. The molecule has 1 heterocycles. The number of carbonyl (C=O) groups excluding carboxylic acids is 1. The van der Waals surface area contributed by atoms with Crippen LogP contribution in [-0.2, 0) is 16.0 Å². The van der Waals surface area contributed by atoms with Gasteiger partial charge in [-0.3, -0.25) is 9.59 Å². The minimum Gasteiger partial charge on any atom is -0.493 e. The van der Waals surface area contributed by atoms with Crippen LogP contribution in [0.3, 0.4) is 0 Å². The van der Waals surface area contributed by atoms with E-state index in [1.807, 2.05) is 0 Å². The molecule has 8 nitrogen and oxygen atoms in total. The molecule has 3 rings (SSSR count). The third-order valence-corrected chi connectivity index (χ3v) is 5.91. The van der Waals surface area contributed by atoms with Crippen molar-refractivity contribution in [3.8, 4) is 11.5 Å². The standard InChI is InChI=1S/C22H27NO7/c1-12-15-8-18(28-2)19(29-3)10-17(15)30-22(27)16(12)9-20(24)23-11-13-4-6-14(7-5-13)21(25)26/h8,10,13-14H,4-7,9,11H2,1-3H3,(H,23,24)(H,25,26). The maximum Gasteiger partial charge on any atom is 0.340 e. The Morgan fingerprint density at radius 1 is 1.13 bits per heavy atom.